The molecule has 0 aliphatic rings. The van der Waals surface area contributed by atoms with E-state index >= 15 is 0 Å². The topological polar surface area (TPSA) is 62.5 Å². The summed E-state index contributed by atoms with van der Waals surface area (Å²) in [5, 5.41) is 10.7. The number of aryl methyl sites for hydroxylation is 1. The predicted molar refractivity (Wildman–Crippen MR) is 118 cm³/mol. The lowest BCUT2D eigenvalue weighted by Crippen LogP contribution is -2.36. The molecule has 2 aromatic heterocycles. The van der Waals surface area contributed by atoms with Crippen molar-refractivity contribution in [3.05, 3.63) is 64.0 Å². The highest BCUT2D eigenvalue weighted by molar-refractivity contribution is 14.0. The van der Waals surface area contributed by atoms with Crippen LogP contribution in [0.2, 0.25) is 0 Å². The number of nitrogens with zero attached hydrogens (tertiary/aromatic N) is 2. The Balaban J connectivity index is 0.00000243. The van der Waals surface area contributed by atoms with Gasteiger partial charge in [0.05, 0.1) is 13.1 Å². The summed E-state index contributed by atoms with van der Waals surface area (Å²) in [5.74, 6) is 1.54. The standard InChI is InChI=1S/C19H22N4OS.HI/c1-3-20-19(22-13-17-10-9-14(2)25-17)21-12-16-11-18(24-23-16)15-7-5-4-6-8-15;/h4-11H,3,12-13H2,1-2H3,(H2,20,21,22);1H. The number of aliphatic imine (C=N–C) groups is 1. The summed E-state index contributed by atoms with van der Waals surface area (Å²) in [7, 11) is 0. The summed E-state index contributed by atoms with van der Waals surface area (Å²) in [6.45, 7) is 6.20. The van der Waals surface area contributed by atoms with Crippen LogP contribution in [0.15, 0.2) is 58.0 Å². The minimum absolute atomic E-state index is 0. The van der Waals surface area contributed by atoms with Crippen molar-refractivity contribution in [2.45, 2.75) is 26.9 Å². The Bertz CT molecular complexity index is 829. The van der Waals surface area contributed by atoms with Crippen LogP contribution < -0.4 is 10.6 Å². The van der Waals surface area contributed by atoms with Gasteiger partial charge in [-0.25, -0.2) is 4.99 Å². The molecule has 2 heterocycles. The van der Waals surface area contributed by atoms with Crippen LogP contribution in [-0.4, -0.2) is 17.7 Å². The van der Waals surface area contributed by atoms with Gasteiger partial charge >= 0.3 is 0 Å². The molecule has 0 unspecified atom stereocenters. The molecule has 0 saturated carbocycles. The lowest BCUT2D eigenvalue weighted by atomic mass is 10.2. The summed E-state index contributed by atoms with van der Waals surface area (Å²) in [5.41, 5.74) is 1.83. The molecule has 0 saturated heterocycles. The molecule has 138 valence electrons. The first-order chi connectivity index (χ1) is 12.2. The fourth-order valence-electron chi connectivity index (χ4n) is 2.38. The van der Waals surface area contributed by atoms with E-state index in [4.69, 9.17) is 4.52 Å². The zero-order chi connectivity index (χ0) is 17.5. The van der Waals surface area contributed by atoms with Crippen LogP contribution in [0.3, 0.4) is 0 Å². The molecule has 0 aliphatic carbocycles. The highest BCUT2D eigenvalue weighted by atomic mass is 127. The SMILES string of the molecule is CCNC(=NCc1cc(-c2ccccc2)on1)NCc1ccc(C)s1.I. The first-order valence-corrected chi connectivity index (χ1v) is 9.14. The minimum Gasteiger partial charge on any atom is -0.357 e. The van der Waals surface area contributed by atoms with Crippen molar-refractivity contribution in [3.63, 3.8) is 0 Å². The number of aromatic nitrogens is 1. The van der Waals surface area contributed by atoms with Gasteiger partial charge in [-0.05, 0) is 26.0 Å². The van der Waals surface area contributed by atoms with Crippen LogP contribution in [0, 0.1) is 6.92 Å². The van der Waals surface area contributed by atoms with E-state index in [2.05, 4.69) is 46.8 Å². The summed E-state index contributed by atoms with van der Waals surface area (Å²) in [6, 6.07) is 16.2. The molecular formula is C19H23IN4OS. The van der Waals surface area contributed by atoms with Crippen LogP contribution >= 0.6 is 35.3 Å². The largest absolute Gasteiger partial charge is 0.357 e. The molecule has 0 aliphatic heterocycles. The first-order valence-electron chi connectivity index (χ1n) is 8.33. The highest BCUT2D eigenvalue weighted by Gasteiger charge is 2.06. The molecule has 0 radical (unpaired) electrons. The Morgan fingerprint density at radius 1 is 1.15 bits per heavy atom. The molecule has 1 aromatic carbocycles. The molecule has 0 fully saturated rings. The Hall–Kier alpha value is -1.87. The van der Waals surface area contributed by atoms with E-state index in [0.29, 0.717) is 6.54 Å². The van der Waals surface area contributed by atoms with Crippen molar-refractivity contribution in [3.8, 4) is 11.3 Å². The Morgan fingerprint density at radius 3 is 2.65 bits per heavy atom. The second kappa shape index (κ2) is 10.3. The van der Waals surface area contributed by atoms with Crippen LogP contribution in [-0.2, 0) is 13.1 Å². The third kappa shape index (κ3) is 5.84. The number of benzene rings is 1. The summed E-state index contributed by atoms with van der Waals surface area (Å²) < 4.78 is 5.42. The predicted octanol–water partition coefficient (Wildman–Crippen LogP) is 4.58. The summed E-state index contributed by atoms with van der Waals surface area (Å²) in [4.78, 5) is 7.19. The monoisotopic (exact) mass is 482 g/mol. The van der Waals surface area contributed by atoms with Crippen LogP contribution in [0.25, 0.3) is 11.3 Å². The second-order valence-electron chi connectivity index (χ2n) is 5.61. The van der Waals surface area contributed by atoms with E-state index in [1.54, 1.807) is 11.3 Å². The maximum absolute atomic E-state index is 5.42. The number of nitrogens with one attached hydrogen (secondary N) is 2. The molecular weight excluding hydrogens is 459 g/mol. The van der Waals surface area contributed by atoms with Crippen molar-refractivity contribution >= 4 is 41.3 Å². The minimum atomic E-state index is 0. The molecule has 3 rings (SSSR count). The van der Waals surface area contributed by atoms with Gasteiger partial charge < -0.3 is 15.2 Å². The van der Waals surface area contributed by atoms with E-state index in [9.17, 15) is 0 Å². The van der Waals surface area contributed by atoms with Crippen molar-refractivity contribution in [2.75, 3.05) is 6.54 Å². The Kier molecular flexibility index (Phi) is 8.11. The molecule has 0 bridgehead atoms. The molecule has 0 amide bonds. The Morgan fingerprint density at radius 2 is 1.96 bits per heavy atom. The molecule has 3 aromatic rings. The van der Waals surface area contributed by atoms with Gasteiger partial charge in [0.15, 0.2) is 11.7 Å². The maximum atomic E-state index is 5.42. The number of thiophene rings is 1. The van der Waals surface area contributed by atoms with E-state index in [1.807, 2.05) is 36.4 Å². The smallest absolute Gasteiger partial charge is 0.191 e. The molecule has 2 N–H and O–H groups in total. The van der Waals surface area contributed by atoms with Gasteiger partial charge in [0.1, 0.15) is 5.69 Å². The molecule has 26 heavy (non-hydrogen) atoms. The van der Waals surface area contributed by atoms with Gasteiger partial charge in [-0.3, -0.25) is 0 Å². The average Bonchev–Trinajstić information content (AvgIpc) is 3.27. The number of rotatable bonds is 6. The Labute approximate surface area is 174 Å². The van der Waals surface area contributed by atoms with Crippen LogP contribution in [0.4, 0.5) is 0 Å². The van der Waals surface area contributed by atoms with E-state index in [-0.39, 0.29) is 24.0 Å². The number of hydrogen-bond acceptors (Lipinski definition) is 4. The zero-order valence-corrected chi connectivity index (χ0v) is 18.0. The van der Waals surface area contributed by atoms with Gasteiger partial charge in [0, 0.05) is 27.9 Å². The summed E-state index contributed by atoms with van der Waals surface area (Å²) in [6.07, 6.45) is 0. The van der Waals surface area contributed by atoms with Gasteiger partial charge in [-0.2, -0.15) is 0 Å². The van der Waals surface area contributed by atoms with Crippen LogP contribution in [0.1, 0.15) is 22.4 Å². The van der Waals surface area contributed by atoms with Gasteiger partial charge in [0.25, 0.3) is 0 Å². The lowest BCUT2D eigenvalue weighted by Gasteiger charge is -2.09. The van der Waals surface area contributed by atoms with Crippen molar-refractivity contribution < 1.29 is 4.52 Å². The number of halogens is 1. The van der Waals surface area contributed by atoms with Gasteiger partial charge in [0.2, 0.25) is 0 Å². The van der Waals surface area contributed by atoms with Crippen LogP contribution in [0.5, 0.6) is 0 Å². The fourth-order valence-corrected chi connectivity index (χ4v) is 3.21. The highest BCUT2D eigenvalue weighted by Crippen LogP contribution is 2.20. The average molecular weight is 482 g/mol. The van der Waals surface area contributed by atoms with Gasteiger partial charge in [-0.15, -0.1) is 35.3 Å². The number of hydrogen-bond donors (Lipinski definition) is 2. The maximum Gasteiger partial charge on any atom is 0.191 e. The normalized spacial score (nSPS) is 11.1. The second-order valence-corrected chi connectivity index (χ2v) is 6.98. The van der Waals surface area contributed by atoms with Crippen molar-refractivity contribution in [1.29, 1.82) is 0 Å². The van der Waals surface area contributed by atoms with E-state index in [0.717, 1.165) is 36.1 Å². The van der Waals surface area contributed by atoms with Crippen molar-refractivity contribution in [1.82, 2.24) is 15.8 Å². The molecule has 0 atom stereocenters. The molecule has 5 nitrogen and oxygen atoms in total. The fraction of sp³-hybridized carbons (Fsp3) is 0.263. The van der Waals surface area contributed by atoms with E-state index < -0.39 is 0 Å². The lowest BCUT2D eigenvalue weighted by molar-refractivity contribution is 0.424. The molecule has 0 spiro atoms. The van der Waals surface area contributed by atoms with Crippen molar-refractivity contribution in [2.24, 2.45) is 4.99 Å². The zero-order valence-electron chi connectivity index (χ0n) is 14.9. The molecule has 7 heteroatoms. The summed E-state index contributed by atoms with van der Waals surface area (Å²) >= 11 is 1.79. The number of guanidine groups is 1. The quantitative estimate of drug-likeness (QED) is 0.307. The third-order valence-electron chi connectivity index (χ3n) is 3.59. The third-order valence-corrected chi connectivity index (χ3v) is 4.59. The van der Waals surface area contributed by atoms with E-state index in [1.165, 1.54) is 9.75 Å². The van der Waals surface area contributed by atoms with Gasteiger partial charge in [-0.1, -0.05) is 35.5 Å². The first kappa shape index (κ1) is 20.4.